The maximum Gasteiger partial charge on any atom is 0.338 e. The molecule has 3 amide bonds. The first-order valence-electron chi connectivity index (χ1n) is 10.1. The van der Waals surface area contributed by atoms with Crippen LogP contribution in [0.1, 0.15) is 51.1 Å². The van der Waals surface area contributed by atoms with Crippen LogP contribution in [0.3, 0.4) is 0 Å². The van der Waals surface area contributed by atoms with Gasteiger partial charge in [0.25, 0.3) is 5.91 Å². The molecule has 2 aliphatic heterocycles. The van der Waals surface area contributed by atoms with Crippen molar-refractivity contribution in [2.45, 2.75) is 31.8 Å². The molecule has 2 aliphatic rings. The first-order valence-corrected chi connectivity index (χ1v) is 10.9. The van der Waals surface area contributed by atoms with Crippen LogP contribution in [0.2, 0.25) is 0 Å². The van der Waals surface area contributed by atoms with Crippen LogP contribution in [-0.4, -0.2) is 41.2 Å². The van der Waals surface area contributed by atoms with Crippen molar-refractivity contribution in [2.75, 3.05) is 6.61 Å². The summed E-state index contributed by atoms with van der Waals surface area (Å²) in [5.74, 6) is 4.62. The zero-order chi connectivity index (χ0) is 22.7. The normalized spacial score (nSPS) is 17.3. The first-order chi connectivity index (χ1) is 15.4. The highest BCUT2D eigenvalue weighted by atomic mass is 79.9. The van der Waals surface area contributed by atoms with Gasteiger partial charge in [-0.15, -0.1) is 0 Å². The van der Waals surface area contributed by atoms with Gasteiger partial charge in [0.2, 0.25) is 11.8 Å². The van der Waals surface area contributed by atoms with Crippen molar-refractivity contribution in [3.8, 4) is 11.8 Å². The van der Waals surface area contributed by atoms with E-state index in [-0.39, 0.29) is 31.4 Å². The van der Waals surface area contributed by atoms with Crippen LogP contribution in [0, 0.1) is 11.8 Å². The van der Waals surface area contributed by atoms with Crippen LogP contribution in [0.25, 0.3) is 0 Å². The Hall–Kier alpha value is -3.44. The van der Waals surface area contributed by atoms with E-state index < -0.39 is 17.9 Å². The minimum atomic E-state index is -0.661. The monoisotopic (exact) mass is 494 g/mol. The molecule has 0 bridgehead atoms. The summed E-state index contributed by atoms with van der Waals surface area (Å²) in [6.45, 7) is 0.419. The Labute approximate surface area is 193 Å². The Morgan fingerprint density at radius 3 is 2.69 bits per heavy atom. The zero-order valence-corrected chi connectivity index (χ0v) is 18.6. The van der Waals surface area contributed by atoms with E-state index in [1.807, 2.05) is 6.07 Å². The maximum atomic E-state index is 12.8. The Kier molecular flexibility index (Phi) is 6.37. The minimum absolute atomic E-state index is 0.151. The van der Waals surface area contributed by atoms with Gasteiger partial charge in [-0.3, -0.25) is 19.7 Å². The summed E-state index contributed by atoms with van der Waals surface area (Å²) < 4.78 is 6.12. The number of nitrogens with zero attached hydrogens (tertiary/aromatic N) is 1. The van der Waals surface area contributed by atoms with Gasteiger partial charge in [0.05, 0.1) is 5.56 Å². The molecule has 0 aliphatic carbocycles. The summed E-state index contributed by atoms with van der Waals surface area (Å²) in [7, 11) is 0. The number of ether oxygens (including phenoxy) is 1. The lowest BCUT2D eigenvalue weighted by atomic mass is 10.0. The largest absolute Gasteiger partial charge is 0.461 e. The number of hydrogen-bond donors (Lipinski definition) is 1. The molecular weight excluding hydrogens is 476 g/mol. The number of rotatable bonds is 4. The molecule has 1 saturated heterocycles. The van der Waals surface area contributed by atoms with Crippen LogP contribution < -0.4 is 5.32 Å². The van der Waals surface area contributed by atoms with Gasteiger partial charge < -0.3 is 9.64 Å². The molecular formula is C24H19BrN2O5. The van der Waals surface area contributed by atoms with Crippen molar-refractivity contribution >= 4 is 39.6 Å². The lowest BCUT2D eigenvalue weighted by molar-refractivity contribution is -0.136. The molecule has 162 valence electrons. The number of carbonyl (C=O) groups excluding carboxylic acids is 4. The van der Waals surface area contributed by atoms with Crippen LogP contribution in [0.5, 0.6) is 0 Å². The van der Waals surface area contributed by atoms with E-state index in [1.165, 1.54) is 4.90 Å². The fraction of sp³-hybridized carbons (Fsp3) is 0.250. The van der Waals surface area contributed by atoms with E-state index in [0.29, 0.717) is 29.5 Å². The van der Waals surface area contributed by atoms with Crippen molar-refractivity contribution in [1.29, 1.82) is 0 Å². The molecule has 2 aromatic carbocycles. The van der Waals surface area contributed by atoms with Crippen LogP contribution >= 0.6 is 15.9 Å². The number of benzene rings is 2. The minimum Gasteiger partial charge on any atom is -0.461 e. The van der Waals surface area contributed by atoms with Gasteiger partial charge in [-0.05, 0) is 48.4 Å². The number of carbonyl (C=O) groups is 4. The fourth-order valence-corrected chi connectivity index (χ4v) is 3.99. The number of amides is 3. The summed E-state index contributed by atoms with van der Waals surface area (Å²) >= 11 is 3.32. The molecule has 4 rings (SSSR count). The van der Waals surface area contributed by atoms with Gasteiger partial charge in [0, 0.05) is 35.0 Å². The van der Waals surface area contributed by atoms with E-state index in [2.05, 4.69) is 33.1 Å². The highest BCUT2D eigenvalue weighted by Crippen LogP contribution is 2.29. The molecule has 0 saturated carbocycles. The summed E-state index contributed by atoms with van der Waals surface area (Å²) in [6, 6.07) is 11.5. The Balaban J connectivity index is 1.38. The van der Waals surface area contributed by atoms with E-state index in [4.69, 9.17) is 4.74 Å². The molecule has 0 radical (unpaired) electrons. The van der Waals surface area contributed by atoms with Gasteiger partial charge in [-0.2, -0.15) is 0 Å². The van der Waals surface area contributed by atoms with E-state index in [0.717, 1.165) is 10.0 Å². The first kappa shape index (κ1) is 21.8. The third kappa shape index (κ3) is 4.58. The Bertz CT molecular complexity index is 1160. The number of esters is 1. The number of piperidine rings is 1. The fourth-order valence-electron chi connectivity index (χ4n) is 3.72. The van der Waals surface area contributed by atoms with Crippen LogP contribution in [-0.2, 0) is 20.9 Å². The zero-order valence-electron chi connectivity index (χ0n) is 17.0. The third-order valence-corrected chi connectivity index (χ3v) is 5.87. The van der Waals surface area contributed by atoms with Crippen molar-refractivity contribution in [1.82, 2.24) is 10.2 Å². The molecule has 8 heteroatoms. The van der Waals surface area contributed by atoms with E-state index >= 15 is 0 Å². The lowest BCUT2D eigenvalue weighted by Gasteiger charge is -2.29. The van der Waals surface area contributed by atoms with Gasteiger partial charge in [-0.1, -0.05) is 33.8 Å². The number of halogens is 1. The lowest BCUT2D eigenvalue weighted by Crippen LogP contribution is -2.52. The highest BCUT2D eigenvalue weighted by molar-refractivity contribution is 9.10. The van der Waals surface area contributed by atoms with Crippen molar-refractivity contribution < 1.29 is 23.9 Å². The average molecular weight is 495 g/mol. The second-order valence-corrected chi connectivity index (χ2v) is 8.34. The van der Waals surface area contributed by atoms with Crippen LogP contribution in [0.15, 0.2) is 46.9 Å². The summed E-state index contributed by atoms with van der Waals surface area (Å²) in [5, 5.41) is 2.30. The van der Waals surface area contributed by atoms with Crippen LogP contribution in [0.4, 0.5) is 0 Å². The van der Waals surface area contributed by atoms with Gasteiger partial charge in [0.1, 0.15) is 12.6 Å². The molecule has 7 nitrogen and oxygen atoms in total. The SMILES string of the molecule is O=C1CCC(N2Cc3c(C#CCCOC(=O)c4ccc(Br)cc4)cccc3C2=O)C(=O)N1. The Morgan fingerprint density at radius 2 is 1.94 bits per heavy atom. The number of fused-ring (bicyclic) bond motifs is 1. The molecule has 0 spiro atoms. The highest BCUT2D eigenvalue weighted by Gasteiger charge is 2.39. The Morgan fingerprint density at radius 1 is 1.16 bits per heavy atom. The standard InChI is InChI=1S/C24H19BrN2O5/c25-17-9-7-16(8-10-17)24(31)32-13-2-1-4-15-5-3-6-18-19(15)14-27(23(18)30)20-11-12-21(28)26-22(20)29/h3,5-10,20H,2,11-14H2,(H,26,28,29). The second-order valence-electron chi connectivity index (χ2n) is 7.43. The second kappa shape index (κ2) is 9.37. The third-order valence-electron chi connectivity index (χ3n) is 5.35. The summed E-state index contributed by atoms with van der Waals surface area (Å²) in [4.78, 5) is 50.0. The van der Waals surface area contributed by atoms with E-state index in [9.17, 15) is 19.2 Å². The van der Waals surface area contributed by atoms with E-state index in [1.54, 1.807) is 36.4 Å². The van der Waals surface area contributed by atoms with Crippen molar-refractivity contribution in [3.05, 3.63) is 69.2 Å². The molecule has 1 unspecified atom stereocenters. The molecule has 32 heavy (non-hydrogen) atoms. The molecule has 2 aromatic rings. The van der Waals surface area contributed by atoms with Gasteiger partial charge in [-0.25, -0.2) is 4.79 Å². The molecule has 1 N–H and O–H groups in total. The molecule has 2 heterocycles. The summed E-state index contributed by atoms with van der Waals surface area (Å²) in [5.41, 5.74) is 2.45. The number of imide groups is 1. The number of hydrogen-bond acceptors (Lipinski definition) is 5. The van der Waals surface area contributed by atoms with Gasteiger partial charge in [0.15, 0.2) is 0 Å². The molecule has 0 aromatic heterocycles. The predicted octanol–water partition coefficient (Wildman–Crippen LogP) is 2.81. The number of nitrogens with one attached hydrogen (secondary N) is 1. The topological polar surface area (TPSA) is 92.8 Å². The smallest absolute Gasteiger partial charge is 0.338 e. The average Bonchev–Trinajstić information content (AvgIpc) is 3.11. The van der Waals surface area contributed by atoms with Gasteiger partial charge >= 0.3 is 5.97 Å². The summed E-state index contributed by atoms with van der Waals surface area (Å²) in [6.07, 6.45) is 0.869. The van der Waals surface area contributed by atoms with Crippen molar-refractivity contribution in [3.63, 3.8) is 0 Å². The maximum absolute atomic E-state index is 12.8. The predicted molar refractivity (Wildman–Crippen MR) is 118 cm³/mol. The molecule has 1 fully saturated rings. The van der Waals surface area contributed by atoms with Crippen molar-refractivity contribution in [2.24, 2.45) is 0 Å². The molecule has 1 atom stereocenters. The quantitative estimate of drug-likeness (QED) is 0.305.